The van der Waals surface area contributed by atoms with Gasteiger partial charge in [-0.1, -0.05) is 11.6 Å². The van der Waals surface area contributed by atoms with Crippen LogP contribution in [0.5, 0.6) is 5.75 Å². The molecule has 0 aromatic heterocycles. The lowest BCUT2D eigenvalue weighted by atomic mass is 9.71. The van der Waals surface area contributed by atoms with Crippen LogP contribution >= 0.6 is 11.6 Å². The lowest BCUT2D eigenvalue weighted by Crippen LogP contribution is -2.60. The lowest BCUT2D eigenvalue weighted by molar-refractivity contribution is -0.136. The number of anilines is 2. The number of rotatable bonds is 8. The van der Waals surface area contributed by atoms with E-state index in [-0.39, 0.29) is 42.8 Å². The monoisotopic (exact) mass is 843 g/mol. The Morgan fingerprint density at radius 1 is 0.803 bits per heavy atom. The van der Waals surface area contributed by atoms with E-state index < -0.39 is 23.8 Å². The Hall–Kier alpha value is -5.45. The normalized spacial score (nSPS) is 26.3. The SMILES string of the molecule is N#Cc1ccc(O[C@H]2C[C@H]3CC[C@@H](C2)N3C(=O)c2ccc(N3CC4(CCN(CC5CCN(c6ccc7c(c6)C(=O)N(C6CCC(=O)NC6=O)C7=O)CC5)CC4)C3)cc2)cc1Cl. The van der Waals surface area contributed by atoms with Crippen molar-refractivity contribution in [1.29, 1.82) is 5.26 Å². The number of halogens is 1. The van der Waals surface area contributed by atoms with E-state index in [2.05, 4.69) is 43.1 Å². The number of likely N-dealkylation sites (tertiary alicyclic amines) is 1. The molecule has 1 unspecified atom stereocenters. The Morgan fingerprint density at radius 2 is 1.49 bits per heavy atom. The van der Waals surface area contributed by atoms with Crippen molar-refractivity contribution in [1.82, 2.24) is 20.0 Å². The van der Waals surface area contributed by atoms with E-state index in [1.54, 1.807) is 30.3 Å². The maximum Gasteiger partial charge on any atom is 0.262 e. The average Bonchev–Trinajstić information content (AvgIpc) is 3.67. The largest absolute Gasteiger partial charge is 0.490 e. The van der Waals surface area contributed by atoms with Crippen molar-refractivity contribution in [2.75, 3.05) is 55.6 Å². The highest BCUT2D eigenvalue weighted by molar-refractivity contribution is 6.31. The van der Waals surface area contributed by atoms with E-state index in [0.29, 0.717) is 38.8 Å². The van der Waals surface area contributed by atoms with E-state index >= 15 is 0 Å². The van der Waals surface area contributed by atoms with Crippen LogP contribution in [0.1, 0.15) is 101 Å². The number of amides is 5. The smallest absolute Gasteiger partial charge is 0.262 e. The van der Waals surface area contributed by atoms with Crippen LogP contribution < -0.4 is 19.9 Å². The predicted octanol–water partition coefficient (Wildman–Crippen LogP) is 5.65. The second kappa shape index (κ2) is 15.8. The van der Waals surface area contributed by atoms with Gasteiger partial charge in [-0.3, -0.25) is 34.2 Å². The number of nitrogens with zero attached hydrogens (tertiary/aromatic N) is 6. The number of nitrogens with one attached hydrogen (secondary N) is 1. The van der Waals surface area contributed by atoms with Crippen molar-refractivity contribution in [3.8, 4) is 11.8 Å². The third kappa shape index (κ3) is 7.41. The molecular weight excluding hydrogens is 794 g/mol. The van der Waals surface area contributed by atoms with Gasteiger partial charge in [0, 0.05) is 92.5 Å². The molecule has 1 spiro atoms. The van der Waals surface area contributed by atoms with Gasteiger partial charge in [0.05, 0.1) is 21.7 Å². The molecule has 3 aromatic carbocycles. The zero-order chi connectivity index (χ0) is 42.0. The van der Waals surface area contributed by atoms with Crippen LogP contribution in [0.3, 0.4) is 0 Å². The number of hydrogen-bond donors (Lipinski definition) is 1. The molecule has 7 aliphatic heterocycles. The zero-order valence-corrected chi connectivity index (χ0v) is 34.9. The average molecular weight is 844 g/mol. The van der Waals surface area contributed by atoms with E-state index in [9.17, 15) is 29.2 Å². The summed E-state index contributed by atoms with van der Waals surface area (Å²) in [4.78, 5) is 74.9. The Morgan fingerprint density at radius 3 is 2.16 bits per heavy atom. The van der Waals surface area contributed by atoms with Crippen LogP contribution in [-0.4, -0.2) is 114 Å². The Labute approximate surface area is 360 Å². The minimum atomic E-state index is -0.962. The zero-order valence-electron chi connectivity index (χ0n) is 34.2. The first-order valence-electron chi connectivity index (χ1n) is 21.9. The summed E-state index contributed by atoms with van der Waals surface area (Å²) in [6.45, 7) is 7.18. The topological polar surface area (TPSA) is 147 Å². The molecule has 3 aromatic rings. The van der Waals surface area contributed by atoms with Gasteiger partial charge in [-0.15, -0.1) is 0 Å². The highest BCUT2D eigenvalue weighted by Crippen LogP contribution is 2.44. The molecule has 6 saturated heterocycles. The molecule has 0 aliphatic carbocycles. The maximum atomic E-state index is 13.8. The van der Waals surface area contributed by atoms with Gasteiger partial charge in [-0.2, -0.15) is 5.26 Å². The predicted molar refractivity (Wildman–Crippen MR) is 228 cm³/mol. The van der Waals surface area contributed by atoms with Gasteiger partial charge < -0.3 is 24.3 Å². The molecule has 7 aliphatic rings. The number of carbonyl (C=O) groups is 5. The molecular formula is C47H50ClN7O6. The molecule has 7 heterocycles. The molecule has 5 amide bonds. The van der Waals surface area contributed by atoms with E-state index in [1.165, 1.54) is 18.5 Å². The second-order valence-corrected chi connectivity index (χ2v) is 18.8. The molecule has 1 N–H and O–H groups in total. The van der Waals surface area contributed by atoms with Crippen molar-refractivity contribution in [2.24, 2.45) is 11.3 Å². The first-order chi connectivity index (χ1) is 29.5. The quantitative estimate of drug-likeness (QED) is 0.283. The summed E-state index contributed by atoms with van der Waals surface area (Å²) < 4.78 is 6.28. The van der Waals surface area contributed by atoms with Crippen LogP contribution in [0.2, 0.25) is 5.02 Å². The van der Waals surface area contributed by atoms with Crippen molar-refractivity contribution in [3.63, 3.8) is 0 Å². The fraction of sp³-hybridized carbons (Fsp3) is 0.489. The molecule has 0 saturated carbocycles. The van der Waals surface area contributed by atoms with Crippen LogP contribution in [0, 0.1) is 22.7 Å². The summed E-state index contributed by atoms with van der Waals surface area (Å²) in [5.41, 5.74) is 4.26. The van der Waals surface area contributed by atoms with Gasteiger partial charge in [0.1, 0.15) is 24.0 Å². The molecule has 61 heavy (non-hydrogen) atoms. The highest BCUT2D eigenvalue weighted by Gasteiger charge is 2.47. The second-order valence-electron chi connectivity index (χ2n) is 18.4. The number of fused-ring (bicyclic) bond motifs is 3. The minimum Gasteiger partial charge on any atom is -0.490 e. The van der Waals surface area contributed by atoms with Gasteiger partial charge >= 0.3 is 0 Å². The number of hydrogen-bond acceptors (Lipinski definition) is 10. The summed E-state index contributed by atoms with van der Waals surface area (Å²) in [5, 5.41) is 11.8. The fourth-order valence-corrected chi connectivity index (χ4v) is 11.5. The van der Waals surface area contributed by atoms with Gasteiger partial charge in [0.15, 0.2) is 0 Å². The van der Waals surface area contributed by atoms with Crippen molar-refractivity contribution in [3.05, 3.63) is 87.9 Å². The molecule has 2 bridgehead atoms. The molecule has 316 valence electrons. The standard InChI is InChI=1S/C47H50ClN7O6/c48-40-24-36(9-3-31(40)25-49)61-37-21-34-6-7-35(22-37)54(34)44(58)30-1-4-32(5-2-30)53-27-47(28-53)15-19-51(20-16-47)26-29-13-17-52(18-14-29)33-8-10-38-39(23-33)46(60)55(45(38)59)41-11-12-42(56)50-43(41)57/h1-5,8-10,23-24,29,34-35,37,41H,6-7,11-22,26-28H2,(H,50,56,57)/t34-,35+,37+,41?. The lowest BCUT2D eigenvalue weighted by Gasteiger charge is -2.55. The van der Waals surface area contributed by atoms with Crippen molar-refractivity contribution in [2.45, 2.75) is 88.4 Å². The third-order valence-electron chi connectivity index (χ3n) is 14.7. The fourth-order valence-electron chi connectivity index (χ4n) is 11.2. The Balaban J connectivity index is 0.665. The van der Waals surface area contributed by atoms with Gasteiger partial charge in [-0.25, -0.2) is 0 Å². The first kappa shape index (κ1) is 39.7. The summed E-state index contributed by atoms with van der Waals surface area (Å²) in [5.74, 6) is -0.551. The van der Waals surface area contributed by atoms with Crippen LogP contribution in [0.25, 0.3) is 0 Å². The highest BCUT2D eigenvalue weighted by atomic mass is 35.5. The number of benzene rings is 3. The molecule has 6 fully saturated rings. The number of piperidine rings is 4. The summed E-state index contributed by atoms with van der Waals surface area (Å²) in [6, 6.07) is 20.2. The summed E-state index contributed by atoms with van der Waals surface area (Å²) in [6.07, 6.45) is 8.29. The number of nitriles is 1. The number of carbonyl (C=O) groups excluding carboxylic acids is 5. The number of imide groups is 2. The molecule has 14 heteroatoms. The van der Waals surface area contributed by atoms with Crippen LogP contribution in [0.4, 0.5) is 11.4 Å². The Bertz CT molecular complexity index is 2310. The van der Waals surface area contributed by atoms with E-state index in [4.69, 9.17) is 16.3 Å². The molecule has 0 radical (unpaired) electrons. The third-order valence-corrected chi connectivity index (χ3v) is 15.0. The van der Waals surface area contributed by atoms with Gasteiger partial charge in [0.2, 0.25) is 11.8 Å². The number of ether oxygens (including phenoxy) is 1. The van der Waals surface area contributed by atoms with Gasteiger partial charge in [0.25, 0.3) is 17.7 Å². The molecule has 10 rings (SSSR count). The van der Waals surface area contributed by atoms with E-state index in [0.717, 1.165) is 100 Å². The maximum absolute atomic E-state index is 13.8. The molecule has 4 atom stereocenters. The van der Waals surface area contributed by atoms with Crippen molar-refractivity contribution < 1.29 is 28.7 Å². The summed E-state index contributed by atoms with van der Waals surface area (Å²) >= 11 is 6.23. The minimum absolute atomic E-state index is 0.00849. The Kier molecular flexibility index (Phi) is 10.3. The van der Waals surface area contributed by atoms with E-state index in [1.807, 2.05) is 18.2 Å². The van der Waals surface area contributed by atoms with Crippen LogP contribution in [-0.2, 0) is 9.59 Å². The molecule has 13 nitrogen and oxygen atoms in total. The van der Waals surface area contributed by atoms with Crippen LogP contribution in [0.15, 0.2) is 60.7 Å². The van der Waals surface area contributed by atoms with Gasteiger partial charge in [-0.05, 0) is 119 Å². The first-order valence-corrected chi connectivity index (χ1v) is 22.3. The van der Waals surface area contributed by atoms with Crippen molar-refractivity contribution >= 4 is 52.5 Å². The summed E-state index contributed by atoms with van der Waals surface area (Å²) in [7, 11) is 0.